The Morgan fingerprint density at radius 1 is 1.10 bits per heavy atom. The van der Waals surface area contributed by atoms with Gasteiger partial charge >= 0.3 is 0 Å². The number of aryl methyl sites for hydroxylation is 1. The van der Waals surface area contributed by atoms with Gasteiger partial charge in [-0.3, -0.25) is 15.1 Å². The van der Waals surface area contributed by atoms with Crippen LogP contribution < -0.4 is 4.74 Å². The van der Waals surface area contributed by atoms with Gasteiger partial charge in [0.1, 0.15) is 11.5 Å². The molecule has 5 heteroatoms. The number of pyridine rings is 1. The van der Waals surface area contributed by atoms with Gasteiger partial charge < -0.3 is 4.74 Å². The van der Waals surface area contributed by atoms with Crippen LogP contribution in [0.25, 0.3) is 10.9 Å². The fourth-order valence-corrected chi connectivity index (χ4v) is 2.17. The van der Waals surface area contributed by atoms with Crippen LogP contribution in [0.15, 0.2) is 54.7 Å². The number of nitro benzene ring substituents is 1. The number of non-ortho nitro benzene ring substituents is 1. The highest BCUT2D eigenvalue weighted by atomic mass is 16.6. The van der Waals surface area contributed by atoms with Crippen LogP contribution in [0.3, 0.4) is 0 Å². The lowest BCUT2D eigenvalue weighted by molar-refractivity contribution is -0.384. The van der Waals surface area contributed by atoms with E-state index in [1.807, 2.05) is 31.2 Å². The van der Waals surface area contributed by atoms with Crippen molar-refractivity contribution in [3.8, 4) is 11.5 Å². The van der Waals surface area contributed by atoms with Gasteiger partial charge in [-0.15, -0.1) is 0 Å². The van der Waals surface area contributed by atoms with Crippen molar-refractivity contribution in [2.45, 2.75) is 6.92 Å². The van der Waals surface area contributed by atoms with Gasteiger partial charge in [0, 0.05) is 23.7 Å². The maximum absolute atomic E-state index is 10.6. The van der Waals surface area contributed by atoms with E-state index in [1.165, 1.54) is 12.1 Å². The minimum atomic E-state index is -0.435. The second kappa shape index (κ2) is 5.20. The lowest BCUT2D eigenvalue weighted by Crippen LogP contribution is -1.90. The van der Waals surface area contributed by atoms with E-state index in [0.717, 1.165) is 16.5 Å². The van der Waals surface area contributed by atoms with E-state index in [0.29, 0.717) is 11.5 Å². The van der Waals surface area contributed by atoms with E-state index in [9.17, 15) is 10.1 Å². The Hall–Kier alpha value is -2.95. The number of rotatable bonds is 3. The molecule has 0 N–H and O–H groups in total. The molecular formula is C16H12N2O3. The Labute approximate surface area is 121 Å². The quantitative estimate of drug-likeness (QED) is 0.531. The number of benzene rings is 2. The Bertz CT molecular complexity index is 813. The van der Waals surface area contributed by atoms with E-state index in [1.54, 1.807) is 18.3 Å². The third kappa shape index (κ3) is 2.67. The highest BCUT2D eigenvalue weighted by molar-refractivity contribution is 5.83. The maximum atomic E-state index is 10.6. The molecule has 21 heavy (non-hydrogen) atoms. The number of nitrogens with zero attached hydrogens (tertiary/aromatic N) is 2. The number of ether oxygens (including phenoxy) is 1. The lowest BCUT2D eigenvalue weighted by Gasteiger charge is -2.08. The third-order valence-corrected chi connectivity index (χ3v) is 3.15. The lowest BCUT2D eigenvalue weighted by atomic mass is 10.1. The normalized spacial score (nSPS) is 10.5. The molecule has 0 bridgehead atoms. The van der Waals surface area contributed by atoms with Crippen molar-refractivity contribution >= 4 is 16.6 Å². The highest BCUT2D eigenvalue weighted by Crippen LogP contribution is 2.28. The Kier molecular flexibility index (Phi) is 3.23. The zero-order valence-corrected chi connectivity index (χ0v) is 11.3. The second-order valence-electron chi connectivity index (χ2n) is 4.67. The molecule has 5 nitrogen and oxygen atoms in total. The van der Waals surface area contributed by atoms with Crippen molar-refractivity contribution in [3.05, 3.63) is 70.4 Å². The van der Waals surface area contributed by atoms with Crippen LogP contribution in [0.4, 0.5) is 5.69 Å². The summed E-state index contributed by atoms with van der Waals surface area (Å²) in [6, 6.07) is 13.7. The summed E-state index contributed by atoms with van der Waals surface area (Å²) >= 11 is 0. The van der Waals surface area contributed by atoms with Gasteiger partial charge in [0.15, 0.2) is 0 Å². The fraction of sp³-hybridized carbons (Fsp3) is 0.0625. The minimum absolute atomic E-state index is 0.0428. The Morgan fingerprint density at radius 3 is 2.57 bits per heavy atom. The van der Waals surface area contributed by atoms with Crippen LogP contribution in [0.2, 0.25) is 0 Å². The third-order valence-electron chi connectivity index (χ3n) is 3.15. The van der Waals surface area contributed by atoms with Crippen LogP contribution in [-0.2, 0) is 0 Å². The smallest absolute Gasteiger partial charge is 0.269 e. The molecule has 0 atom stereocenters. The first kappa shape index (κ1) is 13.1. The van der Waals surface area contributed by atoms with Crippen molar-refractivity contribution in [3.63, 3.8) is 0 Å². The first-order valence-corrected chi connectivity index (χ1v) is 6.41. The summed E-state index contributed by atoms with van der Waals surface area (Å²) in [5.74, 6) is 1.24. The van der Waals surface area contributed by atoms with Crippen LogP contribution in [-0.4, -0.2) is 9.91 Å². The summed E-state index contributed by atoms with van der Waals surface area (Å²) in [7, 11) is 0. The first-order chi connectivity index (χ1) is 10.1. The molecule has 0 spiro atoms. The minimum Gasteiger partial charge on any atom is -0.457 e. The van der Waals surface area contributed by atoms with Gasteiger partial charge in [-0.05, 0) is 42.8 Å². The van der Waals surface area contributed by atoms with Crippen molar-refractivity contribution < 1.29 is 9.66 Å². The molecule has 0 aliphatic rings. The van der Waals surface area contributed by atoms with Gasteiger partial charge in [0.25, 0.3) is 5.69 Å². The van der Waals surface area contributed by atoms with Gasteiger partial charge in [0.2, 0.25) is 0 Å². The zero-order valence-electron chi connectivity index (χ0n) is 11.3. The molecule has 104 valence electrons. The number of hydrogen-bond acceptors (Lipinski definition) is 4. The van der Waals surface area contributed by atoms with Crippen molar-refractivity contribution in [1.82, 2.24) is 4.98 Å². The largest absolute Gasteiger partial charge is 0.457 e. The zero-order chi connectivity index (χ0) is 14.8. The summed E-state index contributed by atoms with van der Waals surface area (Å²) in [5.41, 5.74) is 2.00. The first-order valence-electron chi connectivity index (χ1n) is 6.41. The molecule has 0 aliphatic carbocycles. The summed E-state index contributed by atoms with van der Waals surface area (Å²) in [5, 5.41) is 11.6. The van der Waals surface area contributed by atoms with Crippen LogP contribution in [0.1, 0.15) is 5.56 Å². The van der Waals surface area contributed by atoms with Crippen LogP contribution >= 0.6 is 0 Å². The monoisotopic (exact) mass is 280 g/mol. The molecular weight excluding hydrogens is 268 g/mol. The average Bonchev–Trinajstić information content (AvgIpc) is 2.48. The number of hydrogen-bond donors (Lipinski definition) is 0. The molecule has 3 aromatic rings. The Morgan fingerprint density at radius 2 is 1.86 bits per heavy atom. The SMILES string of the molecule is Cc1cc(Oc2ccc([N+](=O)[O-])cc2)cc2cccnc12. The number of nitro groups is 1. The Balaban J connectivity index is 1.92. The molecule has 3 rings (SSSR count). The number of fused-ring (bicyclic) bond motifs is 1. The fourth-order valence-electron chi connectivity index (χ4n) is 2.17. The molecule has 1 aromatic heterocycles. The van der Waals surface area contributed by atoms with E-state index in [-0.39, 0.29) is 5.69 Å². The van der Waals surface area contributed by atoms with Gasteiger partial charge in [-0.1, -0.05) is 6.07 Å². The van der Waals surface area contributed by atoms with Crippen molar-refractivity contribution in [2.75, 3.05) is 0 Å². The van der Waals surface area contributed by atoms with Gasteiger partial charge in [-0.2, -0.15) is 0 Å². The van der Waals surface area contributed by atoms with E-state index >= 15 is 0 Å². The summed E-state index contributed by atoms with van der Waals surface area (Å²) in [6.45, 7) is 1.97. The molecule has 0 fully saturated rings. The second-order valence-corrected chi connectivity index (χ2v) is 4.67. The molecule has 0 aliphatic heterocycles. The molecule has 2 aromatic carbocycles. The van der Waals surface area contributed by atoms with Gasteiger partial charge in [-0.25, -0.2) is 0 Å². The topological polar surface area (TPSA) is 65.3 Å². The van der Waals surface area contributed by atoms with Gasteiger partial charge in [0.05, 0.1) is 10.4 Å². The molecule has 0 radical (unpaired) electrons. The summed E-state index contributed by atoms with van der Waals surface area (Å²) < 4.78 is 5.75. The number of aromatic nitrogens is 1. The molecule has 0 saturated carbocycles. The molecule has 1 heterocycles. The molecule has 0 amide bonds. The predicted molar refractivity (Wildman–Crippen MR) is 79.7 cm³/mol. The van der Waals surface area contributed by atoms with Crippen molar-refractivity contribution in [2.24, 2.45) is 0 Å². The van der Waals surface area contributed by atoms with Crippen molar-refractivity contribution in [1.29, 1.82) is 0 Å². The standard InChI is InChI=1S/C16H12N2O3/c1-11-9-15(10-12-3-2-8-17-16(11)12)21-14-6-4-13(5-7-14)18(19)20/h2-10H,1H3. The summed E-state index contributed by atoms with van der Waals surface area (Å²) in [6.07, 6.45) is 1.76. The average molecular weight is 280 g/mol. The van der Waals surface area contributed by atoms with E-state index in [4.69, 9.17) is 4.74 Å². The predicted octanol–water partition coefficient (Wildman–Crippen LogP) is 4.24. The summed E-state index contributed by atoms with van der Waals surface area (Å²) in [4.78, 5) is 14.5. The van der Waals surface area contributed by atoms with Crippen LogP contribution in [0.5, 0.6) is 11.5 Å². The molecule has 0 unspecified atom stereocenters. The highest BCUT2D eigenvalue weighted by Gasteiger charge is 2.07. The maximum Gasteiger partial charge on any atom is 0.269 e. The molecule has 0 saturated heterocycles. The van der Waals surface area contributed by atoms with E-state index in [2.05, 4.69) is 4.98 Å². The van der Waals surface area contributed by atoms with E-state index < -0.39 is 4.92 Å². The van der Waals surface area contributed by atoms with Crippen LogP contribution in [0, 0.1) is 17.0 Å².